The van der Waals surface area contributed by atoms with Gasteiger partial charge in [-0.3, -0.25) is 9.80 Å². The highest BCUT2D eigenvalue weighted by Gasteiger charge is 2.31. The Balaban J connectivity index is 1.66. The van der Waals surface area contributed by atoms with Gasteiger partial charge in [0.25, 0.3) is 0 Å². The Morgan fingerprint density at radius 2 is 2.10 bits per heavy atom. The second-order valence-electron chi connectivity index (χ2n) is 6.56. The average Bonchev–Trinajstić information content (AvgIpc) is 2.95. The van der Waals surface area contributed by atoms with Gasteiger partial charge in [-0.2, -0.15) is 0 Å². The lowest BCUT2D eigenvalue weighted by molar-refractivity contribution is 0.0964. The second-order valence-corrected chi connectivity index (χ2v) is 6.56. The van der Waals surface area contributed by atoms with Crippen LogP contribution in [-0.2, 0) is 0 Å². The van der Waals surface area contributed by atoms with E-state index in [0.717, 1.165) is 19.1 Å². The summed E-state index contributed by atoms with van der Waals surface area (Å²) in [4.78, 5) is 5.36. The molecule has 1 aromatic carbocycles. The molecule has 2 saturated heterocycles. The quantitative estimate of drug-likeness (QED) is 0.897. The van der Waals surface area contributed by atoms with Crippen molar-refractivity contribution >= 4 is 0 Å². The van der Waals surface area contributed by atoms with E-state index < -0.39 is 0 Å². The van der Waals surface area contributed by atoms with Crippen LogP contribution in [-0.4, -0.2) is 55.1 Å². The SMILES string of the molecule is CCNC(CN1CCN2CCCC2C1)c1ccccc1C. The van der Waals surface area contributed by atoms with Gasteiger partial charge in [0.1, 0.15) is 0 Å². The summed E-state index contributed by atoms with van der Waals surface area (Å²) < 4.78 is 0. The summed E-state index contributed by atoms with van der Waals surface area (Å²) in [5.41, 5.74) is 2.87. The molecular formula is C18H29N3. The molecule has 0 aliphatic carbocycles. The number of nitrogens with zero attached hydrogens (tertiary/aromatic N) is 2. The van der Waals surface area contributed by atoms with Gasteiger partial charge in [-0.25, -0.2) is 0 Å². The van der Waals surface area contributed by atoms with Crippen molar-refractivity contribution in [1.29, 1.82) is 0 Å². The molecule has 3 rings (SSSR count). The zero-order valence-electron chi connectivity index (χ0n) is 13.5. The topological polar surface area (TPSA) is 18.5 Å². The molecule has 0 saturated carbocycles. The molecule has 2 fully saturated rings. The van der Waals surface area contributed by atoms with Crippen LogP contribution in [0.3, 0.4) is 0 Å². The third kappa shape index (κ3) is 3.47. The molecule has 0 amide bonds. The lowest BCUT2D eigenvalue weighted by Crippen LogP contribution is -2.51. The summed E-state index contributed by atoms with van der Waals surface area (Å²) in [6.07, 6.45) is 2.79. The first kappa shape index (κ1) is 15.0. The van der Waals surface area contributed by atoms with E-state index in [-0.39, 0.29) is 0 Å². The number of likely N-dealkylation sites (N-methyl/N-ethyl adjacent to an activating group) is 1. The smallest absolute Gasteiger partial charge is 0.0451 e. The maximum Gasteiger partial charge on any atom is 0.0451 e. The fraction of sp³-hybridized carbons (Fsp3) is 0.667. The van der Waals surface area contributed by atoms with Crippen LogP contribution in [0.4, 0.5) is 0 Å². The Hall–Kier alpha value is -0.900. The summed E-state index contributed by atoms with van der Waals surface area (Å²) in [7, 11) is 0. The van der Waals surface area contributed by atoms with Gasteiger partial charge in [-0.05, 0) is 44.0 Å². The molecule has 0 spiro atoms. The lowest BCUT2D eigenvalue weighted by Gasteiger charge is -2.39. The van der Waals surface area contributed by atoms with E-state index >= 15 is 0 Å². The summed E-state index contributed by atoms with van der Waals surface area (Å²) in [6, 6.07) is 10.1. The Morgan fingerprint density at radius 1 is 1.24 bits per heavy atom. The largest absolute Gasteiger partial charge is 0.309 e. The minimum Gasteiger partial charge on any atom is -0.309 e. The Morgan fingerprint density at radius 3 is 2.90 bits per heavy atom. The van der Waals surface area contributed by atoms with Crippen molar-refractivity contribution in [3.63, 3.8) is 0 Å². The average molecular weight is 287 g/mol. The van der Waals surface area contributed by atoms with Gasteiger partial charge >= 0.3 is 0 Å². The van der Waals surface area contributed by atoms with E-state index in [1.807, 2.05) is 0 Å². The van der Waals surface area contributed by atoms with Crippen LogP contribution in [0.2, 0.25) is 0 Å². The normalized spacial score (nSPS) is 25.0. The van der Waals surface area contributed by atoms with Crippen molar-refractivity contribution in [1.82, 2.24) is 15.1 Å². The molecule has 2 atom stereocenters. The fourth-order valence-electron chi connectivity index (χ4n) is 3.98. The van der Waals surface area contributed by atoms with Crippen LogP contribution in [0.1, 0.15) is 36.9 Å². The van der Waals surface area contributed by atoms with E-state index in [4.69, 9.17) is 0 Å². The van der Waals surface area contributed by atoms with Gasteiger partial charge < -0.3 is 5.32 Å². The molecule has 0 bridgehead atoms. The molecule has 2 unspecified atom stereocenters. The Kier molecular flexibility index (Phi) is 4.94. The molecule has 21 heavy (non-hydrogen) atoms. The number of benzene rings is 1. The van der Waals surface area contributed by atoms with Gasteiger partial charge in [-0.15, -0.1) is 0 Å². The van der Waals surface area contributed by atoms with E-state index in [1.165, 1.54) is 50.1 Å². The molecular weight excluding hydrogens is 258 g/mol. The van der Waals surface area contributed by atoms with Crippen LogP contribution in [0, 0.1) is 6.92 Å². The van der Waals surface area contributed by atoms with Crippen LogP contribution in [0.15, 0.2) is 24.3 Å². The summed E-state index contributed by atoms with van der Waals surface area (Å²) in [6.45, 7) is 11.7. The molecule has 2 aliphatic heterocycles. The molecule has 116 valence electrons. The molecule has 1 N–H and O–H groups in total. The molecule has 3 nitrogen and oxygen atoms in total. The van der Waals surface area contributed by atoms with Gasteiger partial charge in [0.2, 0.25) is 0 Å². The molecule has 3 heteroatoms. The predicted octanol–water partition coefficient (Wildman–Crippen LogP) is 2.43. The minimum absolute atomic E-state index is 0.462. The first-order valence-electron chi connectivity index (χ1n) is 8.53. The van der Waals surface area contributed by atoms with Gasteiger partial charge in [-0.1, -0.05) is 31.2 Å². The van der Waals surface area contributed by atoms with Crippen molar-refractivity contribution < 1.29 is 0 Å². The van der Waals surface area contributed by atoms with Gasteiger partial charge in [0, 0.05) is 38.3 Å². The lowest BCUT2D eigenvalue weighted by atomic mass is 10.00. The highest BCUT2D eigenvalue weighted by atomic mass is 15.3. The van der Waals surface area contributed by atoms with E-state index in [0.29, 0.717) is 6.04 Å². The van der Waals surface area contributed by atoms with Crippen LogP contribution in [0.5, 0.6) is 0 Å². The van der Waals surface area contributed by atoms with Crippen molar-refractivity contribution in [3.05, 3.63) is 35.4 Å². The third-order valence-electron chi connectivity index (χ3n) is 5.13. The maximum absolute atomic E-state index is 3.69. The Labute approximate surface area is 129 Å². The first-order chi connectivity index (χ1) is 10.3. The number of nitrogens with one attached hydrogen (secondary N) is 1. The van der Waals surface area contributed by atoms with Crippen LogP contribution >= 0.6 is 0 Å². The van der Waals surface area contributed by atoms with E-state index in [2.05, 4.69) is 53.2 Å². The number of hydrogen-bond donors (Lipinski definition) is 1. The zero-order chi connectivity index (χ0) is 14.7. The Bertz CT molecular complexity index is 460. The van der Waals surface area contributed by atoms with Crippen LogP contribution in [0.25, 0.3) is 0 Å². The second kappa shape index (κ2) is 6.91. The van der Waals surface area contributed by atoms with E-state index in [1.54, 1.807) is 0 Å². The maximum atomic E-state index is 3.69. The standard InChI is InChI=1S/C18H29N3/c1-3-19-18(17-9-5-4-7-15(17)2)14-20-11-12-21-10-6-8-16(21)13-20/h4-5,7,9,16,18-19H,3,6,8,10-14H2,1-2H3. The van der Waals surface area contributed by atoms with Crippen molar-refractivity contribution in [2.24, 2.45) is 0 Å². The summed E-state index contributed by atoms with van der Waals surface area (Å²) >= 11 is 0. The van der Waals surface area contributed by atoms with Crippen molar-refractivity contribution in [3.8, 4) is 0 Å². The number of aryl methyl sites for hydroxylation is 1. The minimum atomic E-state index is 0.462. The molecule has 0 radical (unpaired) electrons. The van der Waals surface area contributed by atoms with Crippen molar-refractivity contribution in [2.75, 3.05) is 39.3 Å². The highest BCUT2D eigenvalue weighted by molar-refractivity contribution is 5.29. The first-order valence-corrected chi connectivity index (χ1v) is 8.53. The third-order valence-corrected chi connectivity index (χ3v) is 5.13. The summed E-state index contributed by atoms with van der Waals surface area (Å²) in [5, 5.41) is 3.69. The number of fused-ring (bicyclic) bond motifs is 1. The monoisotopic (exact) mass is 287 g/mol. The molecule has 1 aromatic rings. The molecule has 0 aromatic heterocycles. The summed E-state index contributed by atoms with van der Waals surface area (Å²) in [5.74, 6) is 0. The number of piperazine rings is 1. The highest BCUT2D eigenvalue weighted by Crippen LogP contribution is 2.24. The van der Waals surface area contributed by atoms with Crippen molar-refractivity contribution in [2.45, 2.75) is 38.8 Å². The zero-order valence-corrected chi connectivity index (χ0v) is 13.5. The molecule has 2 aliphatic rings. The molecule has 2 heterocycles. The predicted molar refractivity (Wildman–Crippen MR) is 88.6 cm³/mol. The van der Waals surface area contributed by atoms with E-state index in [9.17, 15) is 0 Å². The van der Waals surface area contributed by atoms with Gasteiger partial charge in [0.15, 0.2) is 0 Å². The van der Waals surface area contributed by atoms with Crippen LogP contribution < -0.4 is 5.32 Å². The number of rotatable bonds is 5. The van der Waals surface area contributed by atoms with Gasteiger partial charge in [0.05, 0.1) is 0 Å². The number of hydrogen-bond acceptors (Lipinski definition) is 3. The fourth-order valence-corrected chi connectivity index (χ4v) is 3.98.